The van der Waals surface area contributed by atoms with Crippen LogP contribution >= 0.6 is 11.6 Å². The predicted octanol–water partition coefficient (Wildman–Crippen LogP) is 2.14. The van der Waals surface area contributed by atoms with Crippen molar-refractivity contribution in [3.63, 3.8) is 0 Å². The first kappa shape index (κ1) is 18.2. The molecule has 3 rings (SSSR count). The summed E-state index contributed by atoms with van der Waals surface area (Å²) in [7, 11) is 0. The number of ether oxygens (including phenoxy) is 2. The maximum Gasteiger partial charge on any atom is 0.332 e. The Kier molecular flexibility index (Phi) is 5.61. The normalized spacial score (nSPS) is 25.5. The van der Waals surface area contributed by atoms with Crippen LogP contribution < -0.4 is 5.32 Å². The van der Waals surface area contributed by atoms with Crippen LogP contribution in [0.15, 0.2) is 24.3 Å². The van der Waals surface area contributed by atoms with Gasteiger partial charge in [-0.15, -0.1) is 0 Å². The third-order valence-corrected chi connectivity index (χ3v) is 5.35. The lowest BCUT2D eigenvalue weighted by molar-refractivity contribution is -0.151. The van der Waals surface area contributed by atoms with Gasteiger partial charge >= 0.3 is 5.97 Å². The average Bonchev–Trinajstić information content (AvgIpc) is 3.12. The fourth-order valence-corrected chi connectivity index (χ4v) is 3.64. The van der Waals surface area contributed by atoms with Crippen molar-refractivity contribution >= 4 is 23.5 Å². The van der Waals surface area contributed by atoms with Crippen molar-refractivity contribution in [2.24, 2.45) is 0 Å². The standard InChI is InChI=1S/C18H22ClNO5/c19-13-3-1-12(2-4-13)18(7-9-24-10-8-18)11-20-16(21)14-5-6-15(25-14)17(22)23/h1-4,14-15H,5-11H2,(H,20,21)(H,22,23)/t14-,15+/m0/s1. The number of benzene rings is 1. The van der Waals surface area contributed by atoms with E-state index in [0.717, 1.165) is 18.4 Å². The second-order valence-electron chi connectivity index (χ2n) is 6.65. The Bertz CT molecular complexity index is 627. The molecule has 0 aromatic heterocycles. The first-order valence-electron chi connectivity index (χ1n) is 8.50. The second kappa shape index (κ2) is 7.72. The Morgan fingerprint density at radius 2 is 1.80 bits per heavy atom. The molecule has 2 aliphatic rings. The molecule has 25 heavy (non-hydrogen) atoms. The van der Waals surface area contributed by atoms with Crippen molar-refractivity contribution in [1.82, 2.24) is 5.32 Å². The molecule has 136 valence electrons. The highest BCUT2D eigenvalue weighted by atomic mass is 35.5. The van der Waals surface area contributed by atoms with Crippen molar-refractivity contribution < 1.29 is 24.2 Å². The molecule has 7 heteroatoms. The molecule has 2 fully saturated rings. The third-order valence-electron chi connectivity index (χ3n) is 5.09. The molecule has 0 bridgehead atoms. The van der Waals surface area contributed by atoms with Crippen LogP contribution in [0.3, 0.4) is 0 Å². The van der Waals surface area contributed by atoms with Gasteiger partial charge in [0.15, 0.2) is 6.10 Å². The summed E-state index contributed by atoms with van der Waals surface area (Å²) in [5.41, 5.74) is 0.916. The number of carboxylic acid groups (broad SMARTS) is 1. The third kappa shape index (κ3) is 4.14. The highest BCUT2D eigenvalue weighted by molar-refractivity contribution is 6.30. The highest BCUT2D eigenvalue weighted by Crippen LogP contribution is 2.35. The van der Waals surface area contributed by atoms with Crippen molar-refractivity contribution in [1.29, 1.82) is 0 Å². The Morgan fingerprint density at radius 3 is 2.40 bits per heavy atom. The molecule has 1 aromatic rings. The van der Waals surface area contributed by atoms with Crippen LogP contribution in [-0.2, 0) is 24.5 Å². The van der Waals surface area contributed by atoms with Crippen LogP contribution in [0.4, 0.5) is 0 Å². The fourth-order valence-electron chi connectivity index (χ4n) is 3.51. The van der Waals surface area contributed by atoms with Crippen molar-refractivity contribution in [3.8, 4) is 0 Å². The predicted molar refractivity (Wildman–Crippen MR) is 91.7 cm³/mol. The van der Waals surface area contributed by atoms with E-state index < -0.39 is 18.2 Å². The number of aliphatic carboxylic acids is 1. The summed E-state index contributed by atoms with van der Waals surface area (Å²) in [6, 6.07) is 7.69. The highest BCUT2D eigenvalue weighted by Gasteiger charge is 2.38. The molecule has 0 saturated carbocycles. The van der Waals surface area contributed by atoms with Crippen molar-refractivity contribution in [3.05, 3.63) is 34.9 Å². The van der Waals surface area contributed by atoms with Crippen molar-refractivity contribution in [2.45, 2.75) is 43.3 Å². The number of rotatable bonds is 5. The summed E-state index contributed by atoms with van der Waals surface area (Å²) in [4.78, 5) is 23.4. The Labute approximate surface area is 151 Å². The molecule has 0 aliphatic carbocycles. The summed E-state index contributed by atoms with van der Waals surface area (Å²) >= 11 is 5.99. The number of carboxylic acids is 1. The minimum absolute atomic E-state index is 0.205. The largest absolute Gasteiger partial charge is 0.479 e. The number of carbonyl (C=O) groups is 2. The van der Waals surface area contributed by atoms with Gasteiger partial charge in [-0.05, 0) is 43.4 Å². The van der Waals surface area contributed by atoms with E-state index in [9.17, 15) is 9.59 Å². The molecule has 1 aromatic carbocycles. The van der Waals surface area contributed by atoms with Gasteiger partial charge in [-0.1, -0.05) is 23.7 Å². The Morgan fingerprint density at radius 1 is 1.16 bits per heavy atom. The van der Waals surface area contributed by atoms with Crippen LogP contribution in [-0.4, -0.2) is 48.9 Å². The molecular formula is C18H22ClNO5. The van der Waals surface area contributed by atoms with Gasteiger partial charge in [-0.3, -0.25) is 4.79 Å². The van der Waals surface area contributed by atoms with Crippen LogP contribution in [0.5, 0.6) is 0 Å². The van der Waals surface area contributed by atoms with Crippen LogP contribution in [0.1, 0.15) is 31.2 Å². The number of carbonyl (C=O) groups excluding carboxylic acids is 1. The molecule has 0 radical (unpaired) electrons. The number of amides is 1. The van der Waals surface area contributed by atoms with Gasteiger partial charge in [0.05, 0.1) is 0 Å². The molecule has 2 N–H and O–H groups in total. The first-order chi connectivity index (χ1) is 12.0. The molecule has 0 unspecified atom stereocenters. The first-order valence-corrected chi connectivity index (χ1v) is 8.88. The van der Waals surface area contributed by atoms with E-state index in [1.165, 1.54) is 0 Å². The fraction of sp³-hybridized carbons (Fsp3) is 0.556. The number of nitrogens with one attached hydrogen (secondary N) is 1. The molecule has 2 atom stereocenters. The maximum absolute atomic E-state index is 12.4. The summed E-state index contributed by atoms with van der Waals surface area (Å²) in [5.74, 6) is -1.26. The minimum Gasteiger partial charge on any atom is -0.479 e. The Hall–Kier alpha value is -1.63. The molecule has 2 aliphatic heterocycles. The summed E-state index contributed by atoms with van der Waals surface area (Å²) in [5, 5.41) is 12.6. The van der Waals surface area contributed by atoms with E-state index in [4.69, 9.17) is 26.2 Å². The van der Waals surface area contributed by atoms with Crippen molar-refractivity contribution in [2.75, 3.05) is 19.8 Å². The van der Waals surface area contributed by atoms with Crippen LogP contribution in [0.2, 0.25) is 5.02 Å². The van der Waals surface area contributed by atoms with E-state index in [-0.39, 0.29) is 11.3 Å². The van der Waals surface area contributed by atoms with E-state index in [1.807, 2.05) is 24.3 Å². The molecule has 2 heterocycles. The zero-order chi connectivity index (χ0) is 17.9. The topological polar surface area (TPSA) is 84.9 Å². The van der Waals surface area contributed by atoms with E-state index in [0.29, 0.717) is 37.6 Å². The summed E-state index contributed by atoms with van der Waals surface area (Å²) < 4.78 is 10.8. The summed E-state index contributed by atoms with van der Waals surface area (Å²) in [6.45, 7) is 1.74. The van der Waals surface area contributed by atoms with Gasteiger partial charge in [0.1, 0.15) is 6.10 Å². The Balaban J connectivity index is 1.66. The zero-order valence-electron chi connectivity index (χ0n) is 13.9. The van der Waals surface area contributed by atoms with E-state index >= 15 is 0 Å². The summed E-state index contributed by atoms with van der Waals surface area (Å²) in [6.07, 6.45) is 0.826. The minimum atomic E-state index is -1.02. The van der Waals surface area contributed by atoms with Crippen LogP contribution in [0.25, 0.3) is 0 Å². The monoisotopic (exact) mass is 367 g/mol. The molecule has 6 nitrogen and oxygen atoms in total. The number of halogens is 1. The molecule has 1 amide bonds. The second-order valence-corrected chi connectivity index (χ2v) is 7.08. The van der Waals surface area contributed by atoms with E-state index in [2.05, 4.69) is 5.32 Å². The number of hydrogen-bond donors (Lipinski definition) is 2. The lowest BCUT2D eigenvalue weighted by Gasteiger charge is -2.38. The van der Waals surface area contributed by atoms with Crippen LogP contribution in [0, 0.1) is 0 Å². The molecule has 2 saturated heterocycles. The van der Waals surface area contributed by atoms with Gasteiger partial charge in [0, 0.05) is 30.2 Å². The molecule has 0 spiro atoms. The van der Waals surface area contributed by atoms with E-state index in [1.54, 1.807) is 0 Å². The SMILES string of the molecule is O=C(NCC1(c2ccc(Cl)cc2)CCOCC1)[C@@H]1CC[C@H](C(=O)O)O1. The number of hydrogen-bond acceptors (Lipinski definition) is 4. The quantitative estimate of drug-likeness (QED) is 0.832. The van der Waals surface area contributed by atoms with Gasteiger partial charge in [-0.2, -0.15) is 0 Å². The zero-order valence-corrected chi connectivity index (χ0v) is 14.6. The molecular weight excluding hydrogens is 346 g/mol. The smallest absolute Gasteiger partial charge is 0.332 e. The average molecular weight is 368 g/mol. The van der Waals surface area contributed by atoms with Gasteiger partial charge in [0.2, 0.25) is 5.91 Å². The maximum atomic E-state index is 12.4. The van der Waals surface area contributed by atoms with Gasteiger partial charge in [0.25, 0.3) is 0 Å². The van der Waals surface area contributed by atoms with Gasteiger partial charge in [-0.25, -0.2) is 4.79 Å². The van der Waals surface area contributed by atoms with Gasteiger partial charge < -0.3 is 19.9 Å². The lowest BCUT2D eigenvalue weighted by atomic mass is 9.74. The lowest BCUT2D eigenvalue weighted by Crippen LogP contribution is -2.47.